The zero-order valence-corrected chi connectivity index (χ0v) is 11.5. The lowest BCUT2D eigenvalue weighted by atomic mass is 10.5. The van der Waals surface area contributed by atoms with Crippen molar-refractivity contribution >= 4 is 23.7 Å². The van der Waals surface area contributed by atoms with E-state index in [1.807, 2.05) is 25.7 Å². The van der Waals surface area contributed by atoms with Gasteiger partial charge in [-0.1, -0.05) is 0 Å². The summed E-state index contributed by atoms with van der Waals surface area (Å²) < 4.78 is 24.7. The maximum Gasteiger partial charge on any atom is 0.291 e. The van der Waals surface area contributed by atoms with E-state index in [1.165, 1.54) is 0 Å². The fourth-order valence-electron chi connectivity index (χ4n) is 1.36. The molecule has 1 heterocycles. The van der Waals surface area contributed by atoms with E-state index in [0.717, 1.165) is 0 Å². The molecule has 0 spiro atoms. The van der Waals surface area contributed by atoms with Gasteiger partial charge >= 0.3 is 0 Å². The highest BCUT2D eigenvalue weighted by Gasteiger charge is 2.14. The highest BCUT2D eigenvalue weighted by molar-refractivity contribution is 7.99. The van der Waals surface area contributed by atoms with Crippen LogP contribution in [-0.4, -0.2) is 40.3 Å². The monoisotopic (exact) mass is 277 g/mol. The molecule has 1 N–H and O–H groups in total. The molecule has 5 nitrogen and oxygen atoms in total. The first-order chi connectivity index (χ1) is 8.60. The van der Waals surface area contributed by atoms with Crippen LogP contribution in [0.5, 0.6) is 0 Å². The second-order valence-electron chi connectivity index (χ2n) is 3.32. The Morgan fingerprint density at radius 2 is 1.83 bits per heavy atom. The van der Waals surface area contributed by atoms with Crippen molar-refractivity contribution in [2.75, 3.05) is 29.9 Å². The Hall–Kier alpha value is -1.18. The van der Waals surface area contributed by atoms with E-state index in [2.05, 4.69) is 20.3 Å². The minimum atomic E-state index is -2.54. The van der Waals surface area contributed by atoms with Crippen LogP contribution in [0, 0.1) is 0 Å². The summed E-state index contributed by atoms with van der Waals surface area (Å²) in [5.41, 5.74) is 0. The fourth-order valence-corrected chi connectivity index (χ4v) is 1.80. The highest BCUT2D eigenvalue weighted by atomic mass is 32.2. The summed E-state index contributed by atoms with van der Waals surface area (Å²) in [4.78, 5) is 14.1. The van der Waals surface area contributed by atoms with Crippen LogP contribution in [-0.2, 0) is 0 Å². The summed E-state index contributed by atoms with van der Waals surface area (Å²) in [6.07, 6.45) is 0. The van der Waals surface area contributed by atoms with Gasteiger partial charge in [0, 0.05) is 19.6 Å². The Morgan fingerprint density at radius 3 is 2.33 bits per heavy atom. The van der Waals surface area contributed by atoms with E-state index >= 15 is 0 Å². The molecule has 0 atom stereocenters. The van der Waals surface area contributed by atoms with Crippen LogP contribution in [0.3, 0.4) is 0 Å². The number of thioether (sulfide) groups is 1. The predicted molar refractivity (Wildman–Crippen MR) is 69.4 cm³/mol. The van der Waals surface area contributed by atoms with Crippen molar-refractivity contribution < 1.29 is 8.78 Å². The number of aromatic nitrogens is 3. The maximum atomic E-state index is 12.4. The van der Waals surface area contributed by atoms with E-state index in [4.69, 9.17) is 0 Å². The van der Waals surface area contributed by atoms with Crippen LogP contribution >= 0.6 is 11.8 Å². The molecule has 102 valence electrons. The molecule has 1 aromatic heterocycles. The van der Waals surface area contributed by atoms with Crippen molar-refractivity contribution in [3.8, 4) is 0 Å². The van der Waals surface area contributed by atoms with Gasteiger partial charge in [0.15, 0.2) is 5.16 Å². The Bertz CT molecular complexity index is 373. The molecule has 0 radical (unpaired) electrons. The van der Waals surface area contributed by atoms with Crippen LogP contribution in [0.25, 0.3) is 0 Å². The minimum absolute atomic E-state index is 0.0397. The molecule has 0 amide bonds. The molecule has 0 aromatic carbocycles. The van der Waals surface area contributed by atoms with Gasteiger partial charge in [-0.15, -0.1) is 0 Å². The van der Waals surface area contributed by atoms with Crippen molar-refractivity contribution in [3.63, 3.8) is 0 Å². The Kier molecular flexibility index (Phi) is 6.03. The summed E-state index contributed by atoms with van der Waals surface area (Å²) >= 11 is 0.329. The maximum absolute atomic E-state index is 12.4. The molecule has 0 fully saturated rings. The number of hydrogen-bond donors (Lipinski definition) is 1. The summed E-state index contributed by atoms with van der Waals surface area (Å²) in [5.74, 6) is -1.78. The second-order valence-corrected chi connectivity index (χ2v) is 4.28. The third-order valence-corrected chi connectivity index (χ3v) is 2.75. The van der Waals surface area contributed by atoms with Crippen molar-refractivity contribution in [2.24, 2.45) is 0 Å². The first-order valence-corrected chi connectivity index (χ1v) is 6.68. The third kappa shape index (κ3) is 4.25. The van der Waals surface area contributed by atoms with Crippen LogP contribution in [0.1, 0.15) is 20.8 Å². The summed E-state index contributed by atoms with van der Waals surface area (Å²) in [6, 6.07) is 0. The van der Waals surface area contributed by atoms with Gasteiger partial charge in [0.25, 0.3) is 5.76 Å². The number of nitrogens with one attached hydrogen (secondary N) is 1. The summed E-state index contributed by atoms with van der Waals surface area (Å²) in [5, 5.41) is 2.96. The average Bonchev–Trinajstić information content (AvgIpc) is 2.30. The molecule has 0 saturated heterocycles. The quantitative estimate of drug-likeness (QED) is 0.773. The number of hydrogen-bond acceptors (Lipinski definition) is 6. The Morgan fingerprint density at radius 1 is 1.17 bits per heavy atom. The summed E-state index contributed by atoms with van der Waals surface area (Å²) in [6.45, 7) is 7.86. The van der Waals surface area contributed by atoms with Crippen molar-refractivity contribution in [1.29, 1.82) is 0 Å². The van der Waals surface area contributed by atoms with Crippen molar-refractivity contribution in [2.45, 2.75) is 31.7 Å². The zero-order valence-electron chi connectivity index (χ0n) is 10.7. The smallest absolute Gasteiger partial charge is 0.291 e. The standard InChI is InChI=1S/C10H17F2N5S/c1-4-13-8-14-9(17(5-2)6-3)16-10(15-8)18-7(11)12/h7H,4-6H2,1-3H3,(H,13,14,15,16). The van der Waals surface area contributed by atoms with E-state index in [1.54, 1.807) is 0 Å². The first-order valence-electron chi connectivity index (χ1n) is 5.80. The number of anilines is 2. The number of alkyl halides is 2. The average molecular weight is 277 g/mol. The van der Waals surface area contributed by atoms with E-state index in [0.29, 0.717) is 43.3 Å². The van der Waals surface area contributed by atoms with Crippen molar-refractivity contribution in [1.82, 2.24) is 15.0 Å². The van der Waals surface area contributed by atoms with E-state index in [9.17, 15) is 8.78 Å². The molecule has 8 heteroatoms. The normalized spacial score (nSPS) is 10.8. The number of halogens is 2. The van der Waals surface area contributed by atoms with Gasteiger partial charge in [-0.2, -0.15) is 23.7 Å². The highest BCUT2D eigenvalue weighted by Crippen LogP contribution is 2.24. The lowest BCUT2D eigenvalue weighted by Gasteiger charge is -2.19. The van der Waals surface area contributed by atoms with Gasteiger partial charge in [-0.25, -0.2) is 0 Å². The molecule has 0 aliphatic rings. The van der Waals surface area contributed by atoms with Crippen LogP contribution in [0.4, 0.5) is 20.7 Å². The van der Waals surface area contributed by atoms with Gasteiger partial charge < -0.3 is 10.2 Å². The third-order valence-electron chi connectivity index (χ3n) is 2.18. The van der Waals surface area contributed by atoms with Crippen molar-refractivity contribution in [3.05, 3.63) is 0 Å². The SMILES string of the molecule is CCNc1nc(SC(F)F)nc(N(CC)CC)n1. The lowest BCUT2D eigenvalue weighted by Crippen LogP contribution is -2.25. The van der Waals surface area contributed by atoms with Gasteiger partial charge in [0.2, 0.25) is 11.9 Å². The van der Waals surface area contributed by atoms with Gasteiger partial charge in [-0.05, 0) is 32.5 Å². The molecular formula is C10H17F2N5S. The molecule has 0 aliphatic heterocycles. The summed E-state index contributed by atoms with van der Waals surface area (Å²) in [7, 11) is 0. The van der Waals surface area contributed by atoms with E-state index < -0.39 is 5.76 Å². The van der Waals surface area contributed by atoms with Gasteiger partial charge in [0.1, 0.15) is 0 Å². The Labute approximate surface area is 109 Å². The number of nitrogens with zero attached hydrogens (tertiary/aromatic N) is 4. The molecule has 1 aromatic rings. The zero-order chi connectivity index (χ0) is 13.5. The minimum Gasteiger partial charge on any atom is -0.354 e. The fraction of sp³-hybridized carbons (Fsp3) is 0.700. The number of rotatable bonds is 7. The van der Waals surface area contributed by atoms with Gasteiger partial charge in [0.05, 0.1) is 0 Å². The topological polar surface area (TPSA) is 53.9 Å². The molecule has 0 unspecified atom stereocenters. The van der Waals surface area contributed by atoms with Crippen LogP contribution in [0.15, 0.2) is 5.16 Å². The molecular weight excluding hydrogens is 260 g/mol. The molecule has 18 heavy (non-hydrogen) atoms. The molecule has 0 aliphatic carbocycles. The van der Waals surface area contributed by atoms with Crippen LogP contribution < -0.4 is 10.2 Å². The van der Waals surface area contributed by atoms with E-state index in [-0.39, 0.29) is 5.16 Å². The Balaban J connectivity index is 3.04. The van der Waals surface area contributed by atoms with Crippen LogP contribution in [0.2, 0.25) is 0 Å². The lowest BCUT2D eigenvalue weighted by molar-refractivity contribution is 0.251. The molecule has 0 bridgehead atoms. The predicted octanol–water partition coefficient (Wildman–Crippen LogP) is 2.46. The molecule has 0 saturated carbocycles. The largest absolute Gasteiger partial charge is 0.354 e. The van der Waals surface area contributed by atoms with Gasteiger partial charge in [-0.3, -0.25) is 0 Å². The molecule has 1 rings (SSSR count). The second kappa shape index (κ2) is 7.30. The first kappa shape index (κ1) is 14.9.